The average molecular weight is 669 g/mol. The molecule has 0 aliphatic rings. The van der Waals surface area contributed by atoms with E-state index < -0.39 is 23.1 Å². The van der Waals surface area contributed by atoms with Crippen LogP contribution in [-0.4, -0.2) is 11.9 Å². The lowest BCUT2D eigenvalue weighted by molar-refractivity contribution is -0.410. The molecule has 0 aromatic heterocycles. The molecule has 0 amide bonds. The van der Waals surface area contributed by atoms with E-state index in [1.54, 1.807) is 0 Å². The van der Waals surface area contributed by atoms with Crippen molar-refractivity contribution in [3.63, 3.8) is 0 Å². The summed E-state index contributed by atoms with van der Waals surface area (Å²) in [7, 11) is 0. The van der Waals surface area contributed by atoms with Crippen molar-refractivity contribution in [2.45, 2.75) is 181 Å². The van der Waals surface area contributed by atoms with Crippen LogP contribution in [0.3, 0.4) is 0 Å². The van der Waals surface area contributed by atoms with Crippen molar-refractivity contribution in [1.82, 2.24) is 0 Å². The first-order valence-corrected chi connectivity index (χ1v) is 19.0. The van der Waals surface area contributed by atoms with Crippen LogP contribution in [0.5, 0.6) is 0 Å². The van der Waals surface area contributed by atoms with Crippen molar-refractivity contribution in [1.29, 1.82) is 0 Å². The van der Waals surface area contributed by atoms with Crippen LogP contribution >= 0.6 is 0 Å². The molecular formula is C42H68O6. The van der Waals surface area contributed by atoms with E-state index in [2.05, 4.69) is 23.6 Å². The van der Waals surface area contributed by atoms with Crippen LogP contribution in [-0.2, 0) is 40.3 Å². The van der Waals surface area contributed by atoms with E-state index in [-0.39, 0.29) is 0 Å². The number of benzene rings is 2. The Bertz CT molecular complexity index is 965. The highest BCUT2D eigenvalue weighted by Crippen LogP contribution is 2.31. The third kappa shape index (κ3) is 22.0. The zero-order valence-electron chi connectivity index (χ0n) is 31.4. The number of rotatable bonds is 25. The summed E-state index contributed by atoms with van der Waals surface area (Å²) in [6.45, 7) is 12.5. The molecule has 2 aromatic rings. The Hall–Kier alpha value is -2.70. The highest BCUT2D eigenvalue weighted by Gasteiger charge is 2.29. The molecule has 0 spiro atoms. The Morgan fingerprint density at radius 2 is 0.708 bits per heavy atom. The van der Waals surface area contributed by atoms with Crippen LogP contribution in [0.25, 0.3) is 0 Å². The first-order valence-electron chi connectivity index (χ1n) is 19.0. The first-order chi connectivity index (χ1) is 23.1. The molecule has 6 nitrogen and oxygen atoms in total. The zero-order valence-corrected chi connectivity index (χ0v) is 31.4. The molecule has 48 heavy (non-hydrogen) atoms. The third-order valence-corrected chi connectivity index (χ3v) is 8.59. The summed E-state index contributed by atoms with van der Waals surface area (Å²) in [6.07, 6.45) is 22.3. The van der Waals surface area contributed by atoms with Crippen molar-refractivity contribution in [2.75, 3.05) is 0 Å². The summed E-state index contributed by atoms with van der Waals surface area (Å²) in [6, 6.07) is 20.2. The maximum absolute atomic E-state index is 11.6. The fourth-order valence-electron chi connectivity index (χ4n) is 5.32. The Balaban J connectivity index is 0.000000504. The SMILES string of the molecule is CC(C)(OOC(C)(C)c1ccccc1)c1ccccc1.CCCCCCCCCCCC(=O)OOC(=O)CCCCCCCCCCC. The molecular weight excluding hydrogens is 600 g/mol. The Kier molecular flexibility index (Phi) is 24.5. The molecule has 0 radical (unpaired) electrons. The summed E-state index contributed by atoms with van der Waals surface area (Å²) in [5, 5.41) is 0. The van der Waals surface area contributed by atoms with Crippen molar-refractivity contribution in [2.24, 2.45) is 0 Å². The monoisotopic (exact) mass is 669 g/mol. The van der Waals surface area contributed by atoms with Gasteiger partial charge in [0, 0.05) is 0 Å². The van der Waals surface area contributed by atoms with Gasteiger partial charge in [-0.3, -0.25) is 0 Å². The van der Waals surface area contributed by atoms with Gasteiger partial charge in [-0.25, -0.2) is 29.1 Å². The number of hydrogen-bond donors (Lipinski definition) is 0. The fourth-order valence-corrected chi connectivity index (χ4v) is 5.32. The van der Waals surface area contributed by atoms with E-state index in [1.807, 2.05) is 88.4 Å². The number of unbranched alkanes of at least 4 members (excludes halogenated alkanes) is 16. The average Bonchev–Trinajstić information content (AvgIpc) is 3.09. The molecule has 0 aliphatic heterocycles. The van der Waals surface area contributed by atoms with Crippen LogP contribution in [0.1, 0.15) is 181 Å². The Morgan fingerprint density at radius 1 is 0.438 bits per heavy atom. The number of hydrogen-bond acceptors (Lipinski definition) is 6. The van der Waals surface area contributed by atoms with Crippen LogP contribution in [0.4, 0.5) is 0 Å². The van der Waals surface area contributed by atoms with E-state index in [0.717, 1.165) is 49.7 Å². The molecule has 0 N–H and O–H groups in total. The van der Waals surface area contributed by atoms with Gasteiger partial charge in [0.2, 0.25) is 0 Å². The summed E-state index contributed by atoms with van der Waals surface area (Å²) < 4.78 is 0. The van der Waals surface area contributed by atoms with Gasteiger partial charge >= 0.3 is 11.9 Å². The Morgan fingerprint density at radius 3 is 1.00 bits per heavy atom. The van der Waals surface area contributed by atoms with Crippen LogP contribution in [0.15, 0.2) is 60.7 Å². The first kappa shape index (κ1) is 43.3. The molecule has 0 unspecified atom stereocenters. The number of carbonyl (C=O) groups is 2. The van der Waals surface area contributed by atoms with Gasteiger partial charge in [-0.15, -0.1) is 0 Å². The third-order valence-electron chi connectivity index (χ3n) is 8.59. The van der Waals surface area contributed by atoms with Crippen LogP contribution in [0.2, 0.25) is 0 Å². The normalized spacial score (nSPS) is 11.5. The molecule has 0 bridgehead atoms. The molecule has 2 rings (SSSR count). The highest BCUT2D eigenvalue weighted by molar-refractivity contribution is 5.72. The molecule has 0 saturated heterocycles. The fraction of sp³-hybridized carbons (Fsp3) is 0.667. The molecule has 0 atom stereocenters. The van der Waals surface area contributed by atoms with E-state index in [4.69, 9.17) is 9.78 Å². The molecule has 272 valence electrons. The molecule has 0 aliphatic carbocycles. The van der Waals surface area contributed by atoms with E-state index in [0.29, 0.717) is 12.8 Å². The van der Waals surface area contributed by atoms with Crippen molar-refractivity contribution in [3.05, 3.63) is 71.8 Å². The quantitative estimate of drug-likeness (QED) is 0.0596. The molecule has 0 saturated carbocycles. The highest BCUT2D eigenvalue weighted by atomic mass is 17.2. The molecule has 0 fully saturated rings. The standard InChI is InChI=1S/C24H46O4.C18H22O2/c1-3-5-7-9-11-13-15-17-19-21-23(25)27-28-24(26)22-20-18-16-14-12-10-8-6-4-2;1-17(2,15-11-7-5-8-12-15)19-20-18(3,4)16-13-9-6-10-14-16/h3-22H2,1-2H3;5-14H,1-4H3. The predicted octanol–water partition coefficient (Wildman–Crippen LogP) is 12.6. The van der Waals surface area contributed by atoms with E-state index in [9.17, 15) is 9.59 Å². The largest absolute Gasteiger partial charge is 0.355 e. The van der Waals surface area contributed by atoms with E-state index in [1.165, 1.54) is 77.0 Å². The lowest BCUT2D eigenvalue weighted by Gasteiger charge is -2.31. The summed E-state index contributed by atoms with van der Waals surface area (Å²) in [5.74, 6) is -0.855. The lowest BCUT2D eigenvalue weighted by Crippen LogP contribution is -2.29. The summed E-state index contributed by atoms with van der Waals surface area (Å²) in [5.41, 5.74) is 1.19. The second kappa shape index (κ2) is 27.2. The van der Waals surface area contributed by atoms with Gasteiger partial charge in [0.05, 0.1) is 12.8 Å². The van der Waals surface area contributed by atoms with Crippen molar-refractivity contribution < 1.29 is 29.1 Å². The molecule has 6 heteroatoms. The van der Waals surface area contributed by atoms with Crippen LogP contribution in [0, 0.1) is 0 Å². The van der Waals surface area contributed by atoms with Gasteiger partial charge in [0.25, 0.3) is 0 Å². The van der Waals surface area contributed by atoms with E-state index >= 15 is 0 Å². The second-order valence-electron chi connectivity index (χ2n) is 14.0. The minimum Gasteiger partial charge on any atom is -0.247 e. The Labute approximate surface area is 293 Å². The van der Waals surface area contributed by atoms with Gasteiger partial charge in [-0.2, -0.15) is 0 Å². The minimum absolute atomic E-state index is 0.334. The lowest BCUT2D eigenvalue weighted by atomic mass is 9.98. The van der Waals surface area contributed by atoms with Crippen molar-refractivity contribution in [3.8, 4) is 0 Å². The zero-order chi connectivity index (χ0) is 35.4. The van der Waals surface area contributed by atoms with Gasteiger partial charge in [-0.1, -0.05) is 177 Å². The van der Waals surface area contributed by atoms with Crippen LogP contribution < -0.4 is 0 Å². The van der Waals surface area contributed by atoms with Gasteiger partial charge in [0.1, 0.15) is 11.2 Å². The summed E-state index contributed by atoms with van der Waals surface area (Å²) in [4.78, 5) is 43.9. The minimum atomic E-state index is -0.493. The smallest absolute Gasteiger partial charge is 0.247 e. The predicted molar refractivity (Wildman–Crippen MR) is 197 cm³/mol. The summed E-state index contributed by atoms with van der Waals surface area (Å²) >= 11 is 0. The van der Waals surface area contributed by atoms with Gasteiger partial charge < -0.3 is 0 Å². The second-order valence-corrected chi connectivity index (χ2v) is 14.0. The molecule has 2 aromatic carbocycles. The maximum Gasteiger partial charge on any atom is 0.355 e. The topological polar surface area (TPSA) is 71.1 Å². The van der Waals surface area contributed by atoms with Gasteiger partial charge in [0.15, 0.2) is 0 Å². The number of carbonyl (C=O) groups excluding carboxylic acids is 2. The van der Waals surface area contributed by atoms with Gasteiger partial charge in [-0.05, 0) is 51.7 Å². The molecule has 0 heterocycles. The van der Waals surface area contributed by atoms with Crippen molar-refractivity contribution >= 4 is 11.9 Å². The maximum atomic E-state index is 11.6.